The zero-order valence-corrected chi connectivity index (χ0v) is 18.5. The van der Waals surface area contributed by atoms with Gasteiger partial charge in [-0.15, -0.1) is 0 Å². The Bertz CT molecular complexity index is 1020. The standard InChI is InChI=1S/C28H31NO/c1-20-24(11-8-12-26(20)21-9-6-5-7-10-21)19-30-29-27(22-13-14-22)23-15-17-25(18-16-23)28(2,3)4/h5-12,15-18,22H,13-14,19H2,1-4H3. The highest BCUT2D eigenvalue weighted by Crippen LogP contribution is 2.34. The molecule has 0 spiro atoms. The molecule has 2 heteroatoms. The maximum absolute atomic E-state index is 5.89. The van der Waals surface area contributed by atoms with E-state index in [2.05, 4.69) is 99.6 Å². The van der Waals surface area contributed by atoms with Gasteiger partial charge in [0.15, 0.2) is 0 Å². The van der Waals surface area contributed by atoms with E-state index in [-0.39, 0.29) is 5.41 Å². The molecule has 1 aliphatic carbocycles. The van der Waals surface area contributed by atoms with E-state index in [0.717, 1.165) is 5.71 Å². The van der Waals surface area contributed by atoms with Gasteiger partial charge in [-0.25, -0.2) is 0 Å². The smallest absolute Gasteiger partial charge is 0.142 e. The van der Waals surface area contributed by atoms with Crippen molar-refractivity contribution in [3.05, 3.63) is 95.1 Å². The highest BCUT2D eigenvalue weighted by molar-refractivity contribution is 6.03. The Balaban J connectivity index is 1.51. The average molecular weight is 398 g/mol. The Morgan fingerprint density at radius 3 is 2.23 bits per heavy atom. The van der Waals surface area contributed by atoms with Gasteiger partial charge in [-0.2, -0.15) is 0 Å². The average Bonchev–Trinajstić information content (AvgIpc) is 3.58. The third-order valence-corrected chi connectivity index (χ3v) is 5.92. The summed E-state index contributed by atoms with van der Waals surface area (Å²) in [6.07, 6.45) is 2.40. The second-order valence-electron chi connectivity index (χ2n) is 9.31. The minimum Gasteiger partial charge on any atom is -0.391 e. The van der Waals surface area contributed by atoms with E-state index in [4.69, 9.17) is 4.84 Å². The van der Waals surface area contributed by atoms with Gasteiger partial charge in [0.2, 0.25) is 0 Å². The number of hydrogen-bond acceptors (Lipinski definition) is 2. The van der Waals surface area contributed by atoms with E-state index in [1.165, 1.54) is 46.2 Å². The Morgan fingerprint density at radius 2 is 1.60 bits per heavy atom. The van der Waals surface area contributed by atoms with Crippen LogP contribution in [0.3, 0.4) is 0 Å². The fourth-order valence-corrected chi connectivity index (χ4v) is 3.80. The van der Waals surface area contributed by atoms with Gasteiger partial charge in [0.05, 0.1) is 5.71 Å². The summed E-state index contributed by atoms with van der Waals surface area (Å²) in [5, 5.41) is 4.60. The number of hydrogen-bond donors (Lipinski definition) is 0. The van der Waals surface area contributed by atoms with Crippen molar-refractivity contribution in [3.63, 3.8) is 0 Å². The molecule has 1 saturated carbocycles. The molecular weight excluding hydrogens is 366 g/mol. The van der Waals surface area contributed by atoms with Gasteiger partial charge in [-0.1, -0.05) is 98.7 Å². The lowest BCUT2D eigenvalue weighted by Crippen LogP contribution is -2.12. The van der Waals surface area contributed by atoms with Crippen LogP contribution in [0.15, 0.2) is 78.0 Å². The lowest BCUT2D eigenvalue weighted by atomic mass is 9.86. The fourth-order valence-electron chi connectivity index (χ4n) is 3.80. The SMILES string of the molecule is Cc1c(CON=C(c2ccc(C(C)(C)C)cc2)C2CC2)cccc1-c1ccccc1. The molecule has 154 valence electrons. The van der Waals surface area contributed by atoms with Crippen molar-refractivity contribution in [1.82, 2.24) is 0 Å². The number of benzene rings is 3. The molecule has 3 aromatic carbocycles. The van der Waals surface area contributed by atoms with Crippen molar-refractivity contribution in [2.75, 3.05) is 0 Å². The van der Waals surface area contributed by atoms with Crippen LogP contribution in [-0.4, -0.2) is 5.71 Å². The Hall–Kier alpha value is -2.87. The first-order valence-electron chi connectivity index (χ1n) is 10.9. The first-order valence-corrected chi connectivity index (χ1v) is 10.9. The summed E-state index contributed by atoms with van der Waals surface area (Å²) in [5.41, 5.74) is 8.69. The number of nitrogens with zero attached hydrogens (tertiary/aromatic N) is 1. The van der Waals surface area contributed by atoms with Crippen LogP contribution < -0.4 is 0 Å². The zero-order chi connectivity index (χ0) is 21.1. The molecule has 1 fully saturated rings. The molecule has 0 bridgehead atoms. The molecule has 0 radical (unpaired) electrons. The van der Waals surface area contributed by atoms with Gasteiger partial charge in [-0.05, 0) is 58.6 Å². The van der Waals surface area contributed by atoms with E-state index in [1.54, 1.807) is 0 Å². The minimum atomic E-state index is 0.160. The van der Waals surface area contributed by atoms with Gasteiger partial charge in [0.1, 0.15) is 6.61 Å². The second-order valence-corrected chi connectivity index (χ2v) is 9.31. The van der Waals surface area contributed by atoms with Crippen LogP contribution in [0.25, 0.3) is 11.1 Å². The molecule has 1 aliphatic rings. The largest absolute Gasteiger partial charge is 0.391 e. The second kappa shape index (κ2) is 8.47. The first-order chi connectivity index (χ1) is 14.4. The summed E-state index contributed by atoms with van der Waals surface area (Å²) in [7, 11) is 0. The molecule has 0 N–H and O–H groups in total. The van der Waals surface area contributed by atoms with Gasteiger partial charge in [0.25, 0.3) is 0 Å². The molecule has 0 unspecified atom stereocenters. The topological polar surface area (TPSA) is 21.6 Å². The van der Waals surface area contributed by atoms with E-state index in [1.807, 2.05) is 6.07 Å². The molecule has 0 heterocycles. The number of oxime groups is 1. The van der Waals surface area contributed by atoms with Crippen LogP contribution in [-0.2, 0) is 16.9 Å². The summed E-state index contributed by atoms with van der Waals surface area (Å²) in [5.74, 6) is 0.530. The molecule has 0 atom stereocenters. The molecular formula is C28H31NO. The summed E-state index contributed by atoms with van der Waals surface area (Å²) < 4.78 is 0. The number of rotatable bonds is 6. The summed E-state index contributed by atoms with van der Waals surface area (Å²) in [4.78, 5) is 5.89. The minimum absolute atomic E-state index is 0.160. The third-order valence-electron chi connectivity index (χ3n) is 5.92. The van der Waals surface area contributed by atoms with Crippen LogP contribution in [0.5, 0.6) is 0 Å². The van der Waals surface area contributed by atoms with Gasteiger partial charge >= 0.3 is 0 Å². The van der Waals surface area contributed by atoms with Gasteiger partial charge < -0.3 is 4.84 Å². The van der Waals surface area contributed by atoms with Gasteiger partial charge in [0, 0.05) is 5.92 Å². The van der Waals surface area contributed by atoms with E-state index in [0.29, 0.717) is 12.5 Å². The summed E-state index contributed by atoms with van der Waals surface area (Å²) >= 11 is 0. The maximum atomic E-state index is 5.89. The predicted molar refractivity (Wildman–Crippen MR) is 126 cm³/mol. The molecule has 2 nitrogen and oxygen atoms in total. The molecule has 0 amide bonds. The molecule has 0 aliphatic heterocycles. The lowest BCUT2D eigenvalue weighted by molar-refractivity contribution is 0.129. The lowest BCUT2D eigenvalue weighted by Gasteiger charge is -2.19. The van der Waals surface area contributed by atoms with Crippen LogP contribution in [0, 0.1) is 12.8 Å². The summed E-state index contributed by atoms with van der Waals surface area (Å²) in [6.45, 7) is 9.38. The van der Waals surface area contributed by atoms with Crippen molar-refractivity contribution in [1.29, 1.82) is 0 Å². The monoisotopic (exact) mass is 397 g/mol. The Morgan fingerprint density at radius 1 is 0.900 bits per heavy atom. The van der Waals surface area contributed by atoms with Crippen molar-refractivity contribution < 1.29 is 4.84 Å². The van der Waals surface area contributed by atoms with Crippen LogP contribution in [0.4, 0.5) is 0 Å². The van der Waals surface area contributed by atoms with E-state index in [9.17, 15) is 0 Å². The molecule has 30 heavy (non-hydrogen) atoms. The summed E-state index contributed by atoms with van der Waals surface area (Å²) in [6, 6.07) is 25.8. The van der Waals surface area contributed by atoms with Crippen LogP contribution >= 0.6 is 0 Å². The van der Waals surface area contributed by atoms with Crippen molar-refractivity contribution in [2.24, 2.45) is 11.1 Å². The molecule has 0 saturated heterocycles. The third kappa shape index (κ3) is 4.64. The Kier molecular flexibility index (Phi) is 5.76. The quantitative estimate of drug-likeness (QED) is 0.316. The first kappa shape index (κ1) is 20.4. The zero-order valence-electron chi connectivity index (χ0n) is 18.5. The highest BCUT2D eigenvalue weighted by Gasteiger charge is 2.29. The Labute approximate surface area is 180 Å². The van der Waals surface area contributed by atoms with Gasteiger partial charge in [-0.3, -0.25) is 0 Å². The maximum Gasteiger partial charge on any atom is 0.142 e. The van der Waals surface area contributed by atoms with Crippen LogP contribution in [0.1, 0.15) is 55.9 Å². The van der Waals surface area contributed by atoms with E-state index < -0.39 is 0 Å². The van der Waals surface area contributed by atoms with Crippen LogP contribution in [0.2, 0.25) is 0 Å². The molecule has 4 rings (SSSR count). The van der Waals surface area contributed by atoms with E-state index >= 15 is 0 Å². The highest BCUT2D eigenvalue weighted by atomic mass is 16.6. The molecule has 0 aromatic heterocycles. The normalized spacial score (nSPS) is 14.6. The fraction of sp³-hybridized carbons (Fsp3) is 0.321. The van der Waals surface area contributed by atoms with Crippen molar-refractivity contribution in [3.8, 4) is 11.1 Å². The molecule has 3 aromatic rings. The van der Waals surface area contributed by atoms with Crippen molar-refractivity contribution in [2.45, 2.75) is 52.6 Å². The predicted octanol–water partition coefficient (Wildman–Crippen LogP) is 7.29. The van der Waals surface area contributed by atoms with Crippen molar-refractivity contribution >= 4 is 5.71 Å².